The number of benzene rings is 1. The Bertz CT molecular complexity index is 538. The summed E-state index contributed by atoms with van der Waals surface area (Å²) in [5, 5.41) is 3.47. The van der Waals surface area contributed by atoms with Gasteiger partial charge in [-0.1, -0.05) is 36.1 Å². The normalized spacial score (nSPS) is 17.2. The van der Waals surface area contributed by atoms with Crippen molar-refractivity contribution in [1.29, 1.82) is 0 Å². The molecule has 16 heavy (non-hydrogen) atoms. The fourth-order valence-electron chi connectivity index (χ4n) is 2.09. The Labute approximate surface area is 95.9 Å². The predicted molar refractivity (Wildman–Crippen MR) is 65.6 cm³/mol. The number of rotatable bonds is 0. The Kier molecular flexibility index (Phi) is 2.27. The van der Waals surface area contributed by atoms with Gasteiger partial charge in [0.05, 0.1) is 0 Å². The van der Waals surface area contributed by atoms with Gasteiger partial charge in [-0.3, -0.25) is 0 Å². The molecule has 1 aromatic rings. The molecule has 1 aliphatic carbocycles. The van der Waals surface area contributed by atoms with E-state index in [0.29, 0.717) is 0 Å². The van der Waals surface area contributed by atoms with E-state index in [9.17, 15) is 0 Å². The van der Waals surface area contributed by atoms with Gasteiger partial charge in [-0.2, -0.15) is 0 Å². The molecule has 2 aliphatic rings. The van der Waals surface area contributed by atoms with Crippen LogP contribution in [-0.2, 0) is 6.54 Å². The maximum absolute atomic E-state index is 3.47. The molecule has 0 atom stereocenters. The minimum Gasteiger partial charge on any atom is -0.380 e. The molecule has 0 fully saturated rings. The van der Waals surface area contributed by atoms with Gasteiger partial charge in [-0.25, -0.2) is 0 Å². The lowest BCUT2D eigenvalue weighted by atomic mass is 9.99. The van der Waals surface area contributed by atoms with E-state index in [1.165, 1.54) is 16.8 Å². The molecule has 0 saturated heterocycles. The van der Waals surface area contributed by atoms with Crippen molar-refractivity contribution in [2.75, 3.05) is 0 Å². The first-order valence-corrected chi connectivity index (χ1v) is 5.67. The van der Waals surface area contributed by atoms with Gasteiger partial charge in [0.1, 0.15) is 0 Å². The maximum Gasteiger partial charge on any atom is 0.0457 e. The summed E-state index contributed by atoms with van der Waals surface area (Å²) in [7, 11) is 0. The lowest BCUT2D eigenvalue weighted by Gasteiger charge is -2.16. The third kappa shape index (κ3) is 1.63. The van der Waals surface area contributed by atoms with Crippen LogP contribution in [0.2, 0.25) is 0 Å². The van der Waals surface area contributed by atoms with Gasteiger partial charge in [0.25, 0.3) is 0 Å². The Morgan fingerprint density at radius 2 is 2.06 bits per heavy atom. The van der Waals surface area contributed by atoms with Gasteiger partial charge < -0.3 is 5.32 Å². The van der Waals surface area contributed by atoms with Gasteiger partial charge >= 0.3 is 0 Å². The summed E-state index contributed by atoms with van der Waals surface area (Å²) >= 11 is 0. The average Bonchev–Trinajstić information content (AvgIpc) is 2.32. The lowest BCUT2D eigenvalue weighted by Crippen LogP contribution is -2.16. The van der Waals surface area contributed by atoms with Crippen LogP contribution in [0.25, 0.3) is 0 Å². The molecule has 1 aromatic carbocycles. The number of hydrogen-bond acceptors (Lipinski definition) is 1. The van der Waals surface area contributed by atoms with Crippen LogP contribution >= 0.6 is 0 Å². The molecule has 1 aliphatic heterocycles. The molecule has 1 nitrogen and oxygen atoms in total. The summed E-state index contributed by atoms with van der Waals surface area (Å²) in [6, 6.07) is 8.34. The van der Waals surface area contributed by atoms with Crippen LogP contribution in [0.5, 0.6) is 0 Å². The highest BCUT2D eigenvalue weighted by atomic mass is 14.9. The summed E-state index contributed by atoms with van der Waals surface area (Å²) in [6.07, 6.45) is 6.54. The Hall–Kier alpha value is -1.94. The topological polar surface area (TPSA) is 12.0 Å². The van der Waals surface area contributed by atoms with Crippen molar-refractivity contribution < 1.29 is 0 Å². The van der Waals surface area contributed by atoms with E-state index in [4.69, 9.17) is 0 Å². The molecule has 0 spiro atoms. The quantitative estimate of drug-likeness (QED) is 0.645. The van der Waals surface area contributed by atoms with E-state index < -0.39 is 0 Å². The molecule has 1 heteroatoms. The number of nitrogens with one attached hydrogen (secondary N) is 1. The molecule has 0 radical (unpaired) electrons. The molecule has 0 unspecified atom stereocenters. The first-order chi connectivity index (χ1) is 7.93. The minimum atomic E-state index is 0.869. The second-order valence-electron chi connectivity index (χ2n) is 4.09. The molecule has 3 rings (SSSR count). The number of hydrogen-bond donors (Lipinski definition) is 1. The molecule has 0 saturated carbocycles. The molecule has 78 valence electrons. The molecular weight excluding hydrogens is 194 g/mol. The first kappa shape index (κ1) is 9.30. The van der Waals surface area contributed by atoms with Gasteiger partial charge in [0, 0.05) is 23.4 Å². The predicted octanol–water partition coefficient (Wildman–Crippen LogP) is 2.75. The second kappa shape index (κ2) is 3.90. The van der Waals surface area contributed by atoms with Crippen molar-refractivity contribution in [2.45, 2.75) is 19.4 Å². The largest absolute Gasteiger partial charge is 0.380 e. The molecule has 0 aromatic heterocycles. The molecule has 1 heterocycles. The highest BCUT2D eigenvalue weighted by Crippen LogP contribution is 2.19. The van der Waals surface area contributed by atoms with Crippen LogP contribution in [0.15, 0.2) is 47.7 Å². The Morgan fingerprint density at radius 1 is 1.12 bits per heavy atom. The van der Waals surface area contributed by atoms with E-state index in [0.717, 1.165) is 24.9 Å². The summed E-state index contributed by atoms with van der Waals surface area (Å²) < 4.78 is 0. The summed E-state index contributed by atoms with van der Waals surface area (Å²) in [4.78, 5) is 0. The van der Waals surface area contributed by atoms with Gasteiger partial charge in [0.15, 0.2) is 0 Å². The minimum absolute atomic E-state index is 0.869. The molecule has 0 amide bonds. The fourth-order valence-corrected chi connectivity index (χ4v) is 2.09. The van der Waals surface area contributed by atoms with Gasteiger partial charge in [0.2, 0.25) is 0 Å². The van der Waals surface area contributed by atoms with Crippen LogP contribution in [0.4, 0.5) is 0 Å². The zero-order chi connectivity index (χ0) is 10.8. The van der Waals surface area contributed by atoms with Crippen molar-refractivity contribution >= 4 is 0 Å². The standard InChI is InChI=1S/C15H13N/c1-2-7-14-11-16-15-8-4-3-6-13(15)10-9-12(14)5-1/h1-2,4-5,7-8,16H,3,6,11H2. The average molecular weight is 207 g/mol. The summed E-state index contributed by atoms with van der Waals surface area (Å²) in [5.41, 5.74) is 4.88. The van der Waals surface area contributed by atoms with Gasteiger partial charge in [-0.15, -0.1) is 0 Å². The second-order valence-corrected chi connectivity index (χ2v) is 4.09. The Morgan fingerprint density at radius 3 is 3.06 bits per heavy atom. The highest BCUT2D eigenvalue weighted by molar-refractivity contribution is 5.50. The maximum atomic E-state index is 3.47. The third-order valence-corrected chi connectivity index (χ3v) is 3.01. The van der Waals surface area contributed by atoms with E-state index in [-0.39, 0.29) is 0 Å². The monoisotopic (exact) mass is 207 g/mol. The van der Waals surface area contributed by atoms with Crippen LogP contribution < -0.4 is 5.32 Å². The van der Waals surface area contributed by atoms with Crippen molar-refractivity contribution in [2.24, 2.45) is 0 Å². The zero-order valence-corrected chi connectivity index (χ0v) is 9.09. The van der Waals surface area contributed by atoms with E-state index >= 15 is 0 Å². The van der Waals surface area contributed by atoms with Crippen LogP contribution in [0.1, 0.15) is 24.0 Å². The zero-order valence-electron chi connectivity index (χ0n) is 9.09. The number of allylic oxidation sites excluding steroid dienone is 3. The Balaban J connectivity index is 2.07. The van der Waals surface area contributed by atoms with E-state index in [1.54, 1.807) is 0 Å². The van der Waals surface area contributed by atoms with Crippen LogP contribution in [-0.4, -0.2) is 0 Å². The van der Waals surface area contributed by atoms with Crippen molar-refractivity contribution in [3.05, 3.63) is 58.8 Å². The first-order valence-electron chi connectivity index (χ1n) is 5.67. The molecular formula is C15H13N. The van der Waals surface area contributed by atoms with E-state index in [1.807, 2.05) is 6.07 Å². The molecule has 1 N–H and O–H groups in total. The van der Waals surface area contributed by atoms with Crippen molar-refractivity contribution in [3.63, 3.8) is 0 Å². The third-order valence-electron chi connectivity index (χ3n) is 3.01. The van der Waals surface area contributed by atoms with Crippen molar-refractivity contribution in [3.8, 4) is 11.8 Å². The smallest absolute Gasteiger partial charge is 0.0457 e. The lowest BCUT2D eigenvalue weighted by molar-refractivity contribution is 0.797. The van der Waals surface area contributed by atoms with Crippen LogP contribution in [0, 0.1) is 11.8 Å². The molecule has 0 bridgehead atoms. The fraction of sp³-hybridized carbons (Fsp3) is 0.200. The number of fused-ring (bicyclic) bond motifs is 1. The summed E-state index contributed by atoms with van der Waals surface area (Å²) in [6.45, 7) is 0.869. The van der Waals surface area contributed by atoms with Gasteiger partial charge in [-0.05, 0) is 30.5 Å². The van der Waals surface area contributed by atoms with E-state index in [2.05, 4.69) is 47.5 Å². The van der Waals surface area contributed by atoms with Crippen LogP contribution in [0.3, 0.4) is 0 Å². The highest BCUT2D eigenvalue weighted by Gasteiger charge is 2.09. The SMILES string of the molecule is C1#Cc2ccccc2CNC2=C1CCC=C2. The van der Waals surface area contributed by atoms with Crippen molar-refractivity contribution in [1.82, 2.24) is 5.32 Å². The summed E-state index contributed by atoms with van der Waals surface area (Å²) in [5.74, 6) is 6.58.